The normalized spacial score (nSPS) is 17.7. The lowest BCUT2D eigenvalue weighted by atomic mass is 9.99. The van der Waals surface area contributed by atoms with Crippen molar-refractivity contribution < 1.29 is 42.5 Å². The highest BCUT2D eigenvalue weighted by atomic mass is 19.1. The van der Waals surface area contributed by atoms with E-state index in [0.717, 1.165) is 0 Å². The highest BCUT2D eigenvalue weighted by Gasteiger charge is 2.35. The summed E-state index contributed by atoms with van der Waals surface area (Å²) in [5.74, 6) is -1.46. The van der Waals surface area contributed by atoms with Gasteiger partial charge in [-0.25, -0.2) is 9.18 Å². The molecule has 0 spiro atoms. The van der Waals surface area contributed by atoms with Crippen molar-refractivity contribution in [3.05, 3.63) is 107 Å². The Hall–Kier alpha value is -5.98. The third kappa shape index (κ3) is 7.45. The second-order valence-electron chi connectivity index (χ2n) is 11.5. The van der Waals surface area contributed by atoms with Gasteiger partial charge in [-0.2, -0.15) is 0 Å². The number of rotatable bonds is 3. The Labute approximate surface area is 281 Å². The van der Waals surface area contributed by atoms with Crippen molar-refractivity contribution in [1.82, 2.24) is 20.5 Å². The summed E-state index contributed by atoms with van der Waals surface area (Å²) in [5.41, 5.74) is 1.99. The van der Waals surface area contributed by atoms with Crippen LogP contribution in [0.2, 0.25) is 0 Å². The van der Waals surface area contributed by atoms with Crippen molar-refractivity contribution in [3.63, 3.8) is 0 Å². The van der Waals surface area contributed by atoms with Crippen LogP contribution >= 0.6 is 0 Å². The van der Waals surface area contributed by atoms with Crippen LogP contribution in [0.5, 0.6) is 17.2 Å². The first-order valence-electron chi connectivity index (χ1n) is 15.5. The number of carbonyl (C=O) groups excluding carboxylic acids is 4. The number of pyridine rings is 1. The predicted octanol–water partition coefficient (Wildman–Crippen LogP) is 3.78. The molecule has 3 amide bonds. The van der Waals surface area contributed by atoms with Crippen molar-refractivity contribution in [2.24, 2.45) is 0 Å². The van der Waals surface area contributed by atoms with E-state index >= 15 is 4.39 Å². The second-order valence-corrected chi connectivity index (χ2v) is 11.5. The van der Waals surface area contributed by atoms with E-state index < -0.39 is 35.7 Å². The number of benzene rings is 3. The Morgan fingerprint density at radius 2 is 1.82 bits per heavy atom. The molecule has 252 valence electrons. The molecule has 1 fully saturated rings. The van der Waals surface area contributed by atoms with Crippen LogP contribution in [0.1, 0.15) is 43.2 Å². The summed E-state index contributed by atoms with van der Waals surface area (Å²) in [6.45, 7) is 0.233. The fraction of sp³-hybridized carbons (Fsp3) is 0.250. The van der Waals surface area contributed by atoms with Crippen molar-refractivity contribution in [3.8, 4) is 28.4 Å². The number of nitrogens with one attached hydrogen (secondary N) is 2. The second kappa shape index (κ2) is 14.4. The highest BCUT2D eigenvalue weighted by Crippen LogP contribution is 2.29. The zero-order valence-electron chi connectivity index (χ0n) is 26.7. The van der Waals surface area contributed by atoms with Crippen molar-refractivity contribution >= 4 is 23.7 Å². The van der Waals surface area contributed by atoms with Crippen LogP contribution < -0.4 is 24.8 Å². The average molecular weight is 669 g/mol. The fourth-order valence-corrected chi connectivity index (χ4v) is 5.72. The number of aromatic nitrogens is 1. The van der Waals surface area contributed by atoms with Crippen LogP contribution in [0.15, 0.2) is 79.0 Å². The molecule has 0 radical (unpaired) electrons. The first-order chi connectivity index (χ1) is 23.7. The Kier molecular flexibility index (Phi) is 9.69. The molecule has 4 heterocycles. The molecule has 3 aliphatic rings. The highest BCUT2D eigenvalue weighted by molar-refractivity contribution is 5.97. The minimum Gasteiger partial charge on any atom is -0.496 e. The molecule has 7 rings (SSSR count). The standard InChI is InChI=1S/C36H33FN4O8/c1-46-32-16-26-9-6-23(32)17-39-33(42)20-48-25-5-3-4-21(14-25)22-7-10-28(37)27(15-22)34(43)40-30-19-41(13-12-31(30)49-26)35(44)29-11-8-24(18-38-29)36(45)47-2/h3-11,14-16,18,30-31H,12-13,17,19-20H2,1-2H3,(H,39,42)(H,40,43)/t30-,31+/m1/s1. The lowest BCUT2D eigenvalue weighted by Gasteiger charge is -2.38. The number of hydrogen-bond acceptors (Lipinski definition) is 9. The van der Waals surface area contributed by atoms with Crippen molar-refractivity contribution in [1.29, 1.82) is 0 Å². The molecular weight excluding hydrogens is 635 g/mol. The Bertz CT molecular complexity index is 1900. The monoisotopic (exact) mass is 668 g/mol. The van der Waals surface area contributed by atoms with Crippen LogP contribution in [0.3, 0.4) is 0 Å². The smallest absolute Gasteiger partial charge is 0.339 e. The third-order valence-corrected chi connectivity index (χ3v) is 8.33. The first kappa shape index (κ1) is 32.9. The van der Waals surface area contributed by atoms with E-state index in [1.807, 2.05) is 0 Å². The minimum atomic E-state index is -0.769. The molecule has 0 unspecified atom stereocenters. The van der Waals surface area contributed by atoms with Crippen LogP contribution in [0.25, 0.3) is 11.1 Å². The summed E-state index contributed by atoms with van der Waals surface area (Å²) in [5, 5.41) is 5.73. The van der Waals surface area contributed by atoms with E-state index in [1.54, 1.807) is 48.5 Å². The molecule has 49 heavy (non-hydrogen) atoms. The predicted molar refractivity (Wildman–Crippen MR) is 174 cm³/mol. The molecule has 3 aliphatic heterocycles. The summed E-state index contributed by atoms with van der Waals surface area (Å²) >= 11 is 0. The van der Waals surface area contributed by atoms with Gasteiger partial charge in [-0.3, -0.25) is 19.4 Å². The van der Waals surface area contributed by atoms with E-state index in [4.69, 9.17) is 18.9 Å². The lowest BCUT2D eigenvalue weighted by Crippen LogP contribution is -2.58. The molecule has 1 saturated heterocycles. The number of amides is 3. The van der Waals surface area contributed by atoms with E-state index in [2.05, 4.69) is 15.6 Å². The molecule has 1 aromatic heterocycles. The number of carbonyl (C=O) groups is 4. The number of halogens is 1. The van der Waals surface area contributed by atoms with Crippen LogP contribution in [0.4, 0.5) is 4.39 Å². The first-order valence-corrected chi connectivity index (χ1v) is 15.5. The van der Waals surface area contributed by atoms with Gasteiger partial charge in [0.1, 0.15) is 34.9 Å². The van der Waals surface area contributed by atoms with Gasteiger partial charge < -0.3 is 34.5 Å². The fourth-order valence-electron chi connectivity index (χ4n) is 5.72. The molecule has 2 atom stereocenters. The molecule has 4 aromatic rings. The van der Waals surface area contributed by atoms with E-state index in [9.17, 15) is 19.2 Å². The maximum absolute atomic E-state index is 15.2. The Balaban J connectivity index is 1.33. The number of nitrogens with zero attached hydrogens (tertiary/aromatic N) is 2. The van der Waals surface area contributed by atoms with Crippen LogP contribution in [-0.2, 0) is 16.1 Å². The van der Waals surface area contributed by atoms with Gasteiger partial charge in [-0.05, 0) is 59.7 Å². The molecular formula is C36H33FN4O8. The summed E-state index contributed by atoms with van der Waals surface area (Å²) in [4.78, 5) is 57.4. The van der Waals surface area contributed by atoms with Crippen LogP contribution in [-0.4, -0.2) is 79.6 Å². The SMILES string of the molecule is COC(=O)c1ccc(C(=O)N2CC[C@@H]3Oc4ccc(c(OC)c4)CNC(=O)COc4cccc(c4)-c4ccc(F)c(c4)C(=O)N[C@@H]3C2)nc1. The number of ether oxygens (including phenoxy) is 4. The zero-order valence-corrected chi connectivity index (χ0v) is 26.7. The molecule has 2 N–H and O–H groups in total. The molecule has 13 heteroatoms. The summed E-state index contributed by atoms with van der Waals surface area (Å²) in [6, 6.07) is 18.4. The largest absolute Gasteiger partial charge is 0.496 e. The van der Waals surface area contributed by atoms with Gasteiger partial charge >= 0.3 is 5.97 Å². The van der Waals surface area contributed by atoms with Gasteiger partial charge in [0.15, 0.2) is 6.61 Å². The van der Waals surface area contributed by atoms with E-state index in [-0.39, 0.29) is 49.0 Å². The van der Waals surface area contributed by atoms with Gasteiger partial charge in [0.2, 0.25) is 0 Å². The quantitative estimate of drug-likeness (QED) is 0.312. The van der Waals surface area contributed by atoms with E-state index in [0.29, 0.717) is 40.4 Å². The zero-order chi connectivity index (χ0) is 34.5. The van der Waals surface area contributed by atoms with Gasteiger partial charge in [-0.1, -0.05) is 18.2 Å². The number of esters is 1. The average Bonchev–Trinajstić information content (AvgIpc) is 3.13. The summed E-state index contributed by atoms with van der Waals surface area (Å²) in [6.07, 6.45) is 0.951. The summed E-state index contributed by atoms with van der Waals surface area (Å²) < 4.78 is 37.6. The third-order valence-electron chi connectivity index (χ3n) is 8.33. The van der Waals surface area contributed by atoms with E-state index in [1.165, 1.54) is 49.6 Å². The van der Waals surface area contributed by atoms with Gasteiger partial charge in [0.05, 0.1) is 31.4 Å². The number of piperidine rings is 1. The van der Waals surface area contributed by atoms with Crippen molar-refractivity contribution in [2.75, 3.05) is 33.9 Å². The number of hydrogen-bond donors (Lipinski definition) is 2. The topological polar surface area (TPSA) is 145 Å². The number of fused-ring (bicyclic) bond motifs is 7. The lowest BCUT2D eigenvalue weighted by molar-refractivity contribution is -0.123. The molecule has 0 aliphatic carbocycles. The maximum Gasteiger partial charge on any atom is 0.339 e. The summed E-state index contributed by atoms with van der Waals surface area (Å²) in [7, 11) is 2.75. The minimum absolute atomic E-state index is 0.0254. The molecule has 0 saturated carbocycles. The molecule has 12 nitrogen and oxygen atoms in total. The Morgan fingerprint density at radius 3 is 2.59 bits per heavy atom. The van der Waals surface area contributed by atoms with Gasteiger partial charge in [0.25, 0.3) is 17.7 Å². The van der Waals surface area contributed by atoms with Gasteiger partial charge in [0, 0.05) is 43.9 Å². The number of likely N-dealkylation sites (tertiary alicyclic amines) is 1. The van der Waals surface area contributed by atoms with Gasteiger partial charge in [-0.15, -0.1) is 0 Å². The molecule has 6 bridgehead atoms. The molecule has 3 aromatic carbocycles. The maximum atomic E-state index is 15.2. The Morgan fingerprint density at radius 1 is 0.980 bits per heavy atom. The van der Waals surface area contributed by atoms with Crippen molar-refractivity contribution in [2.45, 2.75) is 25.1 Å². The number of methoxy groups -OCH3 is 2. The van der Waals surface area contributed by atoms with Crippen LogP contribution in [0, 0.1) is 5.82 Å².